The highest BCUT2D eigenvalue weighted by Crippen LogP contribution is 2.27. The van der Waals surface area contributed by atoms with Gasteiger partial charge in [-0.2, -0.15) is 0 Å². The second-order valence-electron chi connectivity index (χ2n) is 3.51. The lowest BCUT2D eigenvalue weighted by molar-refractivity contribution is 0.602. The van der Waals surface area contributed by atoms with Crippen molar-refractivity contribution >= 4 is 21.4 Å². The first-order valence-corrected chi connectivity index (χ1v) is 6.88. The molecule has 0 atom stereocenters. The number of nitrogens with one attached hydrogen (secondary N) is 1. The van der Waals surface area contributed by atoms with E-state index in [0.717, 1.165) is 5.56 Å². The molecule has 1 aromatic carbocycles. The zero-order valence-corrected chi connectivity index (χ0v) is 10.1. The highest BCUT2D eigenvalue weighted by molar-refractivity contribution is 7.90. The summed E-state index contributed by atoms with van der Waals surface area (Å²) in [5, 5.41) is 0.625. The van der Waals surface area contributed by atoms with Gasteiger partial charge < -0.3 is 4.98 Å². The Morgan fingerprint density at radius 1 is 1.12 bits per heavy atom. The number of aromatic nitrogens is 1. The van der Waals surface area contributed by atoms with Crippen molar-refractivity contribution in [2.24, 2.45) is 0 Å². The van der Waals surface area contributed by atoms with E-state index in [1.807, 2.05) is 0 Å². The van der Waals surface area contributed by atoms with Gasteiger partial charge in [-0.25, -0.2) is 8.42 Å². The van der Waals surface area contributed by atoms with Crippen LogP contribution in [-0.2, 0) is 9.84 Å². The van der Waals surface area contributed by atoms with Gasteiger partial charge in [-0.1, -0.05) is 23.7 Å². The van der Waals surface area contributed by atoms with E-state index in [9.17, 15) is 8.42 Å². The fourth-order valence-electron chi connectivity index (χ4n) is 1.51. The topological polar surface area (TPSA) is 49.9 Å². The van der Waals surface area contributed by atoms with Gasteiger partial charge in [0.05, 0.1) is 4.90 Å². The Balaban J connectivity index is 2.58. The summed E-state index contributed by atoms with van der Waals surface area (Å²) in [5.41, 5.74) is 1.49. The fourth-order valence-corrected chi connectivity index (χ4v) is 2.50. The van der Waals surface area contributed by atoms with E-state index in [4.69, 9.17) is 11.6 Å². The number of benzene rings is 1. The summed E-state index contributed by atoms with van der Waals surface area (Å²) in [7, 11) is -3.21. The summed E-state index contributed by atoms with van der Waals surface area (Å²) in [5.74, 6) is 0. The smallest absolute Gasteiger partial charge is 0.177 e. The van der Waals surface area contributed by atoms with Crippen LogP contribution in [0.25, 0.3) is 11.1 Å². The summed E-state index contributed by atoms with van der Waals surface area (Å²) in [6, 6.07) is 7.05. The Hall–Kier alpha value is -1.26. The molecule has 84 valence electrons. The maximum atomic E-state index is 11.5. The van der Waals surface area contributed by atoms with Gasteiger partial charge in [0, 0.05) is 29.2 Å². The number of hydrogen-bond donors (Lipinski definition) is 1. The molecule has 0 radical (unpaired) electrons. The Labute approximate surface area is 99.0 Å². The third-order valence-corrected chi connectivity index (χ3v) is 3.65. The molecule has 2 aromatic rings. The highest BCUT2D eigenvalue weighted by atomic mass is 35.5. The van der Waals surface area contributed by atoms with Crippen LogP contribution < -0.4 is 0 Å². The van der Waals surface area contributed by atoms with Gasteiger partial charge in [0.2, 0.25) is 0 Å². The molecule has 2 rings (SSSR count). The van der Waals surface area contributed by atoms with E-state index in [-0.39, 0.29) is 0 Å². The van der Waals surface area contributed by atoms with Crippen molar-refractivity contribution in [3.8, 4) is 11.1 Å². The van der Waals surface area contributed by atoms with Gasteiger partial charge >= 0.3 is 0 Å². The zero-order valence-electron chi connectivity index (χ0n) is 8.57. The predicted molar refractivity (Wildman–Crippen MR) is 64.3 cm³/mol. The zero-order chi connectivity index (χ0) is 11.8. The second kappa shape index (κ2) is 3.96. The summed E-state index contributed by atoms with van der Waals surface area (Å²) in [6.45, 7) is 0. The Kier molecular flexibility index (Phi) is 2.78. The minimum atomic E-state index is -3.21. The molecule has 3 nitrogen and oxygen atoms in total. The van der Waals surface area contributed by atoms with Crippen LogP contribution in [0.3, 0.4) is 0 Å². The molecule has 0 spiro atoms. The van der Waals surface area contributed by atoms with Gasteiger partial charge in [-0.3, -0.25) is 0 Å². The molecule has 1 N–H and O–H groups in total. The lowest BCUT2D eigenvalue weighted by Gasteiger charge is -2.02. The van der Waals surface area contributed by atoms with Crippen molar-refractivity contribution < 1.29 is 8.42 Å². The van der Waals surface area contributed by atoms with Crippen LogP contribution in [0.1, 0.15) is 0 Å². The van der Waals surface area contributed by atoms with Gasteiger partial charge in [-0.05, 0) is 17.7 Å². The van der Waals surface area contributed by atoms with Gasteiger partial charge in [0.25, 0.3) is 0 Å². The van der Waals surface area contributed by atoms with Crippen molar-refractivity contribution in [2.45, 2.75) is 4.90 Å². The summed E-state index contributed by atoms with van der Waals surface area (Å²) in [6.07, 6.45) is 4.34. The molecule has 0 bridgehead atoms. The molecule has 0 unspecified atom stereocenters. The first kappa shape index (κ1) is 11.2. The first-order chi connectivity index (χ1) is 7.48. The van der Waals surface area contributed by atoms with E-state index in [0.29, 0.717) is 15.5 Å². The summed E-state index contributed by atoms with van der Waals surface area (Å²) >= 11 is 5.78. The molecule has 1 aromatic heterocycles. The lowest BCUT2D eigenvalue weighted by Crippen LogP contribution is -1.96. The highest BCUT2D eigenvalue weighted by Gasteiger charge is 2.15. The van der Waals surface area contributed by atoms with Crippen LogP contribution in [0.2, 0.25) is 5.02 Å². The van der Waals surface area contributed by atoms with Gasteiger partial charge in [0.15, 0.2) is 9.84 Å². The summed E-state index contributed by atoms with van der Waals surface area (Å²) in [4.78, 5) is 3.11. The third-order valence-electron chi connectivity index (χ3n) is 2.26. The molecule has 0 aliphatic heterocycles. The maximum Gasteiger partial charge on any atom is 0.177 e. The number of hydrogen-bond acceptors (Lipinski definition) is 2. The molecular formula is C11H10ClNO2S. The average molecular weight is 256 g/mol. The van der Waals surface area contributed by atoms with Gasteiger partial charge in [-0.15, -0.1) is 0 Å². The lowest BCUT2D eigenvalue weighted by atomic mass is 10.1. The van der Waals surface area contributed by atoms with Crippen molar-refractivity contribution in [1.82, 2.24) is 4.98 Å². The van der Waals surface area contributed by atoms with Crippen LogP contribution in [0.15, 0.2) is 41.6 Å². The molecule has 5 heteroatoms. The monoisotopic (exact) mass is 255 g/mol. The van der Waals surface area contributed by atoms with Crippen LogP contribution in [-0.4, -0.2) is 19.7 Å². The molecule has 0 saturated heterocycles. The van der Waals surface area contributed by atoms with E-state index < -0.39 is 9.84 Å². The Bertz CT molecular complexity index is 599. The molecule has 0 amide bonds. The summed E-state index contributed by atoms with van der Waals surface area (Å²) < 4.78 is 23.0. The van der Waals surface area contributed by atoms with Gasteiger partial charge in [0.1, 0.15) is 0 Å². The van der Waals surface area contributed by atoms with E-state index >= 15 is 0 Å². The molecule has 1 heterocycles. The molecular weight excluding hydrogens is 246 g/mol. The SMILES string of the molecule is CS(=O)(=O)c1c[nH]cc1-c1ccc(Cl)cc1. The van der Waals surface area contributed by atoms with E-state index in [2.05, 4.69) is 4.98 Å². The Morgan fingerprint density at radius 3 is 2.31 bits per heavy atom. The van der Waals surface area contributed by atoms with Crippen molar-refractivity contribution in [3.63, 3.8) is 0 Å². The molecule has 0 aliphatic rings. The standard InChI is InChI=1S/C11H10ClNO2S/c1-16(14,15)11-7-13-6-10(11)8-2-4-9(12)5-3-8/h2-7,13H,1H3. The Morgan fingerprint density at radius 2 is 1.75 bits per heavy atom. The number of rotatable bonds is 2. The molecule has 0 aliphatic carbocycles. The van der Waals surface area contributed by atoms with Crippen LogP contribution in [0, 0.1) is 0 Å². The number of aromatic amines is 1. The normalized spacial score (nSPS) is 11.6. The fraction of sp³-hybridized carbons (Fsp3) is 0.0909. The van der Waals surface area contributed by atoms with Crippen molar-refractivity contribution in [2.75, 3.05) is 6.26 Å². The van der Waals surface area contributed by atoms with Crippen LogP contribution in [0.4, 0.5) is 0 Å². The largest absolute Gasteiger partial charge is 0.366 e. The van der Waals surface area contributed by atoms with E-state index in [1.165, 1.54) is 12.5 Å². The molecule has 16 heavy (non-hydrogen) atoms. The van der Waals surface area contributed by atoms with Crippen LogP contribution >= 0.6 is 11.6 Å². The third kappa shape index (κ3) is 2.13. The minimum Gasteiger partial charge on any atom is -0.366 e. The molecule has 0 saturated carbocycles. The quantitative estimate of drug-likeness (QED) is 0.897. The van der Waals surface area contributed by atoms with Crippen molar-refractivity contribution in [3.05, 3.63) is 41.7 Å². The molecule has 0 fully saturated rings. The van der Waals surface area contributed by atoms with Crippen molar-refractivity contribution in [1.29, 1.82) is 0 Å². The number of H-pyrrole nitrogens is 1. The first-order valence-electron chi connectivity index (χ1n) is 4.61. The minimum absolute atomic E-state index is 0.301. The van der Waals surface area contributed by atoms with E-state index in [1.54, 1.807) is 30.5 Å². The average Bonchev–Trinajstić information content (AvgIpc) is 2.66. The number of sulfone groups is 1. The predicted octanol–water partition coefficient (Wildman–Crippen LogP) is 2.74. The maximum absolute atomic E-state index is 11.5. The van der Waals surface area contributed by atoms with Crippen LogP contribution in [0.5, 0.6) is 0 Å². The number of halogens is 1. The second-order valence-corrected chi connectivity index (χ2v) is 5.93.